The SMILES string of the molecule is CNC1=NC(c2cccnc2)=NC2C=CC(c3cccc(OCc4ccc5cc(C)c(=O)oc5c4)c3)=CC12. The van der Waals surface area contributed by atoms with E-state index >= 15 is 0 Å². The summed E-state index contributed by atoms with van der Waals surface area (Å²) in [6, 6.07) is 19.5. The zero-order valence-corrected chi connectivity index (χ0v) is 21.1. The predicted molar refractivity (Wildman–Crippen MR) is 150 cm³/mol. The summed E-state index contributed by atoms with van der Waals surface area (Å²) in [5.41, 5.74) is 4.80. The molecule has 2 aromatic carbocycles. The highest BCUT2D eigenvalue weighted by atomic mass is 16.5. The van der Waals surface area contributed by atoms with E-state index in [9.17, 15) is 4.79 Å². The van der Waals surface area contributed by atoms with Gasteiger partial charge in [-0.1, -0.05) is 42.5 Å². The number of pyridine rings is 1. The van der Waals surface area contributed by atoms with Crippen LogP contribution in [0.25, 0.3) is 16.5 Å². The first-order valence-electron chi connectivity index (χ1n) is 12.5. The Morgan fingerprint density at radius 2 is 1.95 bits per heavy atom. The van der Waals surface area contributed by atoms with Gasteiger partial charge in [-0.3, -0.25) is 9.98 Å². The van der Waals surface area contributed by atoms with Gasteiger partial charge in [0.15, 0.2) is 5.84 Å². The molecule has 0 spiro atoms. The largest absolute Gasteiger partial charge is 0.489 e. The number of amidine groups is 2. The van der Waals surface area contributed by atoms with E-state index in [2.05, 4.69) is 34.6 Å². The normalized spacial score (nSPS) is 18.3. The van der Waals surface area contributed by atoms with E-state index in [0.29, 0.717) is 23.6 Å². The van der Waals surface area contributed by atoms with Gasteiger partial charge in [-0.05, 0) is 60.0 Å². The van der Waals surface area contributed by atoms with Crippen LogP contribution in [-0.4, -0.2) is 29.7 Å². The molecule has 7 nitrogen and oxygen atoms in total. The Hall–Kier alpha value is -4.78. The first-order chi connectivity index (χ1) is 18.6. The maximum atomic E-state index is 11.9. The number of rotatable bonds is 5. The van der Waals surface area contributed by atoms with Crippen LogP contribution in [0.2, 0.25) is 0 Å². The molecule has 4 aromatic rings. The van der Waals surface area contributed by atoms with Crippen LogP contribution in [0, 0.1) is 12.8 Å². The Kier molecular flexibility index (Phi) is 6.17. The summed E-state index contributed by atoms with van der Waals surface area (Å²) in [4.78, 5) is 25.7. The van der Waals surface area contributed by atoms with Crippen LogP contribution in [-0.2, 0) is 6.61 Å². The molecular formula is C31H26N4O3. The average Bonchev–Trinajstić information content (AvgIpc) is 2.96. The van der Waals surface area contributed by atoms with Crippen molar-refractivity contribution >= 4 is 28.2 Å². The minimum Gasteiger partial charge on any atom is -0.489 e. The highest BCUT2D eigenvalue weighted by Gasteiger charge is 2.30. The fraction of sp³-hybridized carbons (Fsp3) is 0.161. The molecule has 2 atom stereocenters. The summed E-state index contributed by atoms with van der Waals surface area (Å²) < 4.78 is 11.5. The van der Waals surface area contributed by atoms with Gasteiger partial charge in [-0.2, -0.15) is 0 Å². The maximum absolute atomic E-state index is 11.9. The molecular weight excluding hydrogens is 476 g/mol. The lowest BCUT2D eigenvalue weighted by atomic mass is 9.87. The second kappa shape index (κ2) is 9.94. The number of hydrogen-bond donors (Lipinski definition) is 1. The molecule has 3 heterocycles. The van der Waals surface area contributed by atoms with Crippen LogP contribution in [0.15, 0.2) is 110 Å². The lowest BCUT2D eigenvalue weighted by molar-refractivity contribution is 0.306. The molecule has 0 saturated carbocycles. The Bertz CT molecular complexity index is 1700. The molecule has 38 heavy (non-hydrogen) atoms. The summed E-state index contributed by atoms with van der Waals surface area (Å²) in [7, 11) is 1.89. The summed E-state index contributed by atoms with van der Waals surface area (Å²) in [6.45, 7) is 2.11. The van der Waals surface area contributed by atoms with E-state index in [-0.39, 0.29) is 17.6 Å². The van der Waals surface area contributed by atoms with E-state index in [4.69, 9.17) is 19.1 Å². The van der Waals surface area contributed by atoms with Crippen molar-refractivity contribution in [2.24, 2.45) is 15.9 Å². The topological polar surface area (TPSA) is 89.1 Å². The van der Waals surface area contributed by atoms with Crippen molar-refractivity contribution in [1.82, 2.24) is 10.3 Å². The third-order valence-electron chi connectivity index (χ3n) is 6.74. The predicted octanol–water partition coefficient (Wildman–Crippen LogP) is 5.09. The van der Waals surface area contributed by atoms with Crippen molar-refractivity contribution in [2.45, 2.75) is 19.6 Å². The standard InChI is InChI=1S/C31H26N4O3/c1-19-13-23-9-8-20(14-28(23)38-31(19)36)18-37-25-7-3-5-21(15-25)22-10-11-27-26(16-22)30(32-2)35-29(34-27)24-6-4-12-33-17-24/h3-17,26-27H,18H2,1-2H3,(H,32,34,35). The van der Waals surface area contributed by atoms with Crippen molar-refractivity contribution in [1.29, 1.82) is 0 Å². The summed E-state index contributed by atoms with van der Waals surface area (Å²) in [5, 5.41) is 4.16. The van der Waals surface area contributed by atoms with Crippen LogP contribution in [0.3, 0.4) is 0 Å². The molecule has 0 saturated heterocycles. The number of nitrogens with one attached hydrogen (secondary N) is 1. The van der Waals surface area contributed by atoms with E-state index in [0.717, 1.165) is 39.2 Å². The van der Waals surface area contributed by atoms with E-state index in [1.807, 2.05) is 61.6 Å². The fourth-order valence-corrected chi connectivity index (χ4v) is 4.72. The van der Waals surface area contributed by atoms with Crippen LogP contribution in [0.5, 0.6) is 5.75 Å². The molecule has 7 heteroatoms. The zero-order valence-electron chi connectivity index (χ0n) is 21.1. The zero-order chi connectivity index (χ0) is 26.1. The highest BCUT2D eigenvalue weighted by Crippen LogP contribution is 2.31. The molecule has 0 bridgehead atoms. The molecule has 2 aromatic heterocycles. The Morgan fingerprint density at radius 3 is 2.79 bits per heavy atom. The lowest BCUT2D eigenvalue weighted by Crippen LogP contribution is -2.38. The van der Waals surface area contributed by atoms with Crippen LogP contribution in [0.4, 0.5) is 0 Å². The molecule has 0 amide bonds. The van der Waals surface area contributed by atoms with Gasteiger partial charge in [-0.25, -0.2) is 9.79 Å². The highest BCUT2D eigenvalue weighted by molar-refractivity contribution is 6.09. The molecule has 2 unspecified atom stereocenters. The monoisotopic (exact) mass is 502 g/mol. The molecule has 6 rings (SSSR count). The Labute approximate surface area is 219 Å². The first kappa shape index (κ1) is 23.6. The number of benzene rings is 2. The number of nitrogens with zero attached hydrogens (tertiary/aromatic N) is 3. The quantitative estimate of drug-likeness (QED) is 0.384. The number of fused-ring (bicyclic) bond motifs is 2. The summed E-state index contributed by atoms with van der Waals surface area (Å²) in [5.74, 6) is 2.33. The number of aliphatic imine (C=N–C) groups is 2. The van der Waals surface area contributed by atoms with Crippen molar-refractivity contribution < 1.29 is 9.15 Å². The Balaban J connectivity index is 1.20. The van der Waals surface area contributed by atoms with Gasteiger partial charge in [0.25, 0.3) is 0 Å². The van der Waals surface area contributed by atoms with E-state index < -0.39 is 0 Å². The number of aromatic nitrogens is 1. The van der Waals surface area contributed by atoms with Gasteiger partial charge >= 0.3 is 5.63 Å². The Morgan fingerprint density at radius 1 is 1.05 bits per heavy atom. The van der Waals surface area contributed by atoms with Crippen molar-refractivity contribution in [3.63, 3.8) is 0 Å². The van der Waals surface area contributed by atoms with Gasteiger partial charge in [0, 0.05) is 36.0 Å². The van der Waals surface area contributed by atoms with E-state index in [1.165, 1.54) is 0 Å². The third kappa shape index (κ3) is 4.66. The molecule has 1 N–H and O–H groups in total. The number of hydrogen-bond acceptors (Lipinski definition) is 7. The summed E-state index contributed by atoms with van der Waals surface area (Å²) >= 11 is 0. The van der Waals surface area contributed by atoms with Crippen LogP contribution in [0.1, 0.15) is 22.3 Å². The second-order valence-electron chi connectivity index (χ2n) is 9.34. The second-order valence-corrected chi connectivity index (χ2v) is 9.34. The minimum atomic E-state index is -0.317. The maximum Gasteiger partial charge on any atom is 0.339 e. The van der Waals surface area contributed by atoms with E-state index in [1.54, 1.807) is 19.3 Å². The molecule has 0 fully saturated rings. The first-order valence-corrected chi connectivity index (χ1v) is 12.5. The van der Waals surface area contributed by atoms with Crippen LogP contribution < -0.4 is 15.7 Å². The molecule has 1 aliphatic heterocycles. The van der Waals surface area contributed by atoms with Gasteiger partial charge in [-0.15, -0.1) is 0 Å². The minimum absolute atomic E-state index is 0.0147. The van der Waals surface area contributed by atoms with Gasteiger partial charge in [0.05, 0.1) is 12.0 Å². The number of ether oxygens (including phenoxy) is 1. The molecule has 0 radical (unpaired) electrons. The van der Waals surface area contributed by atoms with Crippen molar-refractivity contribution in [2.75, 3.05) is 7.05 Å². The number of allylic oxidation sites excluding steroid dienone is 2. The number of aryl methyl sites for hydroxylation is 1. The molecule has 2 aliphatic rings. The van der Waals surface area contributed by atoms with Gasteiger partial charge in [0.1, 0.15) is 23.8 Å². The smallest absolute Gasteiger partial charge is 0.339 e. The lowest BCUT2D eigenvalue weighted by Gasteiger charge is -2.28. The molecule has 188 valence electrons. The molecule has 1 aliphatic carbocycles. The van der Waals surface area contributed by atoms with Gasteiger partial charge in [0.2, 0.25) is 0 Å². The average molecular weight is 503 g/mol. The van der Waals surface area contributed by atoms with Crippen molar-refractivity contribution in [3.8, 4) is 5.75 Å². The summed E-state index contributed by atoms with van der Waals surface area (Å²) in [6.07, 6.45) is 9.96. The van der Waals surface area contributed by atoms with Crippen LogP contribution >= 0.6 is 0 Å². The van der Waals surface area contributed by atoms with Gasteiger partial charge < -0.3 is 14.5 Å². The fourth-order valence-electron chi connectivity index (χ4n) is 4.72. The van der Waals surface area contributed by atoms with Crippen molar-refractivity contribution in [3.05, 3.63) is 124 Å². The third-order valence-corrected chi connectivity index (χ3v) is 6.74.